The summed E-state index contributed by atoms with van der Waals surface area (Å²) in [5.74, 6) is -5.35. The number of anilines is 1. The van der Waals surface area contributed by atoms with Gasteiger partial charge in [-0.25, -0.2) is 8.78 Å². The SMILES string of the molecule is Nc1nc(Oc2ccc(F)c(C(F)(F)F)c2)cc(Oc2ccc(F)c(C(F)(F)F)c2)n1. The average Bonchev–Trinajstić information content (AvgIpc) is 2.62. The molecule has 164 valence electrons. The van der Waals surface area contributed by atoms with Gasteiger partial charge in [-0.15, -0.1) is 0 Å². The number of hydrogen-bond donors (Lipinski definition) is 1. The molecule has 2 N–H and O–H groups in total. The van der Waals surface area contributed by atoms with E-state index in [4.69, 9.17) is 15.2 Å². The van der Waals surface area contributed by atoms with Gasteiger partial charge < -0.3 is 15.2 Å². The van der Waals surface area contributed by atoms with Crippen molar-refractivity contribution in [1.82, 2.24) is 9.97 Å². The molecule has 13 heteroatoms. The Morgan fingerprint density at radius 2 is 1.03 bits per heavy atom. The van der Waals surface area contributed by atoms with Crippen LogP contribution in [-0.2, 0) is 12.4 Å². The number of nitrogens with zero attached hydrogens (tertiary/aromatic N) is 2. The van der Waals surface area contributed by atoms with Gasteiger partial charge in [-0.05, 0) is 36.4 Å². The molecule has 0 aliphatic carbocycles. The highest BCUT2D eigenvalue weighted by Crippen LogP contribution is 2.36. The van der Waals surface area contributed by atoms with Crippen LogP contribution in [0.5, 0.6) is 23.3 Å². The van der Waals surface area contributed by atoms with E-state index in [0.717, 1.165) is 18.2 Å². The number of ether oxygens (including phenoxy) is 2. The Labute approximate surface area is 168 Å². The number of alkyl halides is 6. The zero-order valence-corrected chi connectivity index (χ0v) is 14.9. The third kappa shape index (κ3) is 5.29. The number of aromatic nitrogens is 2. The summed E-state index contributed by atoms with van der Waals surface area (Å²) in [4.78, 5) is 7.21. The first-order valence-electron chi connectivity index (χ1n) is 8.06. The molecule has 0 radical (unpaired) electrons. The molecule has 0 amide bonds. The van der Waals surface area contributed by atoms with Crippen LogP contribution in [0.1, 0.15) is 11.1 Å². The van der Waals surface area contributed by atoms with Crippen molar-refractivity contribution >= 4 is 5.95 Å². The van der Waals surface area contributed by atoms with E-state index in [0.29, 0.717) is 24.3 Å². The molecule has 31 heavy (non-hydrogen) atoms. The Bertz CT molecular complexity index is 1030. The maximum Gasteiger partial charge on any atom is 0.419 e. The Kier molecular flexibility index (Phi) is 5.61. The minimum Gasteiger partial charge on any atom is -0.439 e. The van der Waals surface area contributed by atoms with Gasteiger partial charge in [0.05, 0.1) is 17.2 Å². The van der Waals surface area contributed by atoms with Crippen molar-refractivity contribution in [3.05, 3.63) is 65.2 Å². The number of halogens is 8. The van der Waals surface area contributed by atoms with Crippen molar-refractivity contribution in [2.45, 2.75) is 12.4 Å². The number of nitrogen functional groups attached to an aromatic ring is 1. The quantitative estimate of drug-likeness (QED) is 0.496. The van der Waals surface area contributed by atoms with Crippen molar-refractivity contribution < 1.29 is 44.6 Å². The fourth-order valence-electron chi connectivity index (χ4n) is 2.34. The molecule has 0 saturated heterocycles. The van der Waals surface area contributed by atoms with E-state index < -0.39 is 64.3 Å². The lowest BCUT2D eigenvalue weighted by atomic mass is 10.2. The molecule has 0 bridgehead atoms. The second kappa shape index (κ2) is 7.89. The minimum absolute atomic E-state index is 0.379. The van der Waals surface area contributed by atoms with Crippen LogP contribution in [0.15, 0.2) is 42.5 Å². The monoisotopic (exact) mass is 451 g/mol. The molecular formula is C18H9F8N3O2. The third-order valence-electron chi connectivity index (χ3n) is 3.63. The zero-order chi connectivity index (χ0) is 23.0. The van der Waals surface area contributed by atoms with E-state index in [9.17, 15) is 35.1 Å². The van der Waals surface area contributed by atoms with Gasteiger partial charge in [0.2, 0.25) is 17.7 Å². The van der Waals surface area contributed by atoms with Gasteiger partial charge in [-0.3, -0.25) is 0 Å². The van der Waals surface area contributed by atoms with Crippen LogP contribution in [0.2, 0.25) is 0 Å². The highest BCUT2D eigenvalue weighted by Gasteiger charge is 2.35. The molecule has 0 unspecified atom stereocenters. The minimum atomic E-state index is -4.98. The molecule has 1 heterocycles. The molecule has 0 aliphatic rings. The smallest absolute Gasteiger partial charge is 0.419 e. The molecular weight excluding hydrogens is 442 g/mol. The Morgan fingerprint density at radius 1 is 0.645 bits per heavy atom. The molecule has 2 aromatic carbocycles. The highest BCUT2D eigenvalue weighted by molar-refractivity contribution is 5.39. The summed E-state index contributed by atoms with van der Waals surface area (Å²) >= 11 is 0. The summed E-state index contributed by atoms with van der Waals surface area (Å²) in [6.45, 7) is 0. The first kappa shape index (κ1) is 22.1. The first-order valence-corrected chi connectivity index (χ1v) is 8.06. The molecule has 3 rings (SSSR count). The van der Waals surface area contributed by atoms with Crippen LogP contribution in [0.25, 0.3) is 0 Å². The van der Waals surface area contributed by atoms with E-state index in [2.05, 4.69) is 9.97 Å². The zero-order valence-electron chi connectivity index (χ0n) is 14.9. The van der Waals surface area contributed by atoms with Crippen molar-refractivity contribution in [2.24, 2.45) is 0 Å². The largest absolute Gasteiger partial charge is 0.439 e. The number of hydrogen-bond acceptors (Lipinski definition) is 5. The molecule has 0 saturated carbocycles. The second-order valence-corrected chi connectivity index (χ2v) is 5.89. The lowest BCUT2D eigenvalue weighted by Gasteiger charge is -2.12. The summed E-state index contributed by atoms with van der Waals surface area (Å²) in [7, 11) is 0. The molecule has 0 spiro atoms. The summed E-state index contributed by atoms with van der Waals surface area (Å²) in [5, 5.41) is 0. The summed E-state index contributed by atoms with van der Waals surface area (Å²) in [6.07, 6.45) is -9.97. The van der Waals surface area contributed by atoms with Gasteiger partial charge in [0.1, 0.15) is 23.1 Å². The van der Waals surface area contributed by atoms with E-state index >= 15 is 0 Å². The lowest BCUT2D eigenvalue weighted by molar-refractivity contribution is -0.140. The van der Waals surface area contributed by atoms with Gasteiger partial charge in [-0.2, -0.15) is 36.3 Å². The number of rotatable bonds is 4. The molecule has 0 aliphatic heterocycles. The summed E-state index contributed by atoms with van der Waals surface area (Å²) in [6, 6.07) is 4.49. The maximum atomic E-state index is 13.4. The van der Waals surface area contributed by atoms with Gasteiger partial charge in [0.25, 0.3) is 0 Å². The fourth-order valence-corrected chi connectivity index (χ4v) is 2.34. The predicted octanol–water partition coefficient (Wildman–Crippen LogP) is 5.96. The lowest BCUT2D eigenvalue weighted by Crippen LogP contribution is -2.08. The van der Waals surface area contributed by atoms with Gasteiger partial charge in [0.15, 0.2) is 0 Å². The van der Waals surface area contributed by atoms with Crippen LogP contribution < -0.4 is 15.2 Å². The Morgan fingerprint density at radius 3 is 1.39 bits per heavy atom. The predicted molar refractivity (Wildman–Crippen MR) is 89.4 cm³/mol. The normalized spacial score (nSPS) is 12.0. The second-order valence-electron chi connectivity index (χ2n) is 5.89. The van der Waals surface area contributed by atoms with Crippen LogP contribution >= 0.6 is 0 Å². The Hall–Kier alpha value is -3.64. The number of nitrogens with two attached hydrogens (primary N) is 1. The van der Waals surface area contributed by atoms with Gasteiger partial charge in [-0.1, -0.05) is 0 Å². The maximum absolute atomic E-state index is 13.4. The van der Waals surface area contributed by atoms with E-state index in [-0.39, 0.29) is 0 Å². The van der Waals surface area contributed by atoms with E-state index in [1.165, 1.54) is 0 Å². The molecule has 5 nitrogen and oxygen atoms in total. The molecule has 0 fully saturated rings. The number of benzene rings is 2. The molecule has 1 aromatic heterocycles. The van der Waals surface area contributed by atoms with Crippen molar-refractivity contribution in [2.75, 3.05) is 5.73 Å². The summed E-state index contributed by atoms with van der Waals surface area (Å²) in [5.41, 5.74) is 2.27. The molecule has 0 atom stereocenters. The first-order chi connectivity index (χ1) is 14.3. The van der Waals surface area contributed by atoms with Crippen LogP contribution in [0.3, 0.4) is 0 Å². The standard InChI is InChI=1S/C18H9F8N3O2/c19-12-3-1-8(5-10(12)17(21,22)23)30-14-7-15(29-16(27)28-14)31-9-2-4-13(20)11(6-9)18(24,25)26/h1-7H,(H2,27,28,29). The van der Waals surface area contributed by atoms with E-state index in [1.807, 2.05) is 0 Å². The van der Waals surface area contributed by atoms with E-state index in [1.54, 1.807) is 0 Å². The Balaban J connectivity index is 1.88. The average molecular weight is 451 g/mol. The van der Waals surface area contributed by atoms with Crippen LogP contribution in [0, 0.1) is 11.6 Å². The summed E-state index contributed by atoms with van der Waals surface area (Å²) < 4.78 is 114. The van der Waals surface area contributed by atoms with Gasteiger partial charge in [0, 0.05) is 0 Å². The van der Waals surface area contributed by atoms with Crippen LogP contribution in [-0.4, -0.2) is 9.97 Å². The van der Waals surface area contributed by atoms with Crippen LogP contribution in [0.4, 0.5) is 41.1 Å². The molecule has 3 aromatic rings. The van der Waals surface area contributed by atoms with Gasteiger partial charge >= 0.3 is 12.4 Å². The highest BCUT2D eigenvalue weighted by atomic mass is 19.4. The van der Waals surface area contributed by atoms with Crippen molar-refractivity contribution in [3.8, 4) is 23.3 Å². The topological polar surface area (TPSA) is 70.3 Å². The fraction of sp³-hybridized carbons (Fsp3) is 0.111. The van der Waals surface area contributed by atoms with Crippen molar-refractivity contribution in [1.29, 1.82) is 0 Å². The third-order valence-corrected chi connectivity index (χ3v) is 3.63. The van der Waals surface area contributed by atoms with Crippen molar-refractivity contribution in [3.63, 3.8) is 0 Å².